The Bertz CT molecular complexity index is 852. The van der Waals surface area contributed by atoms with Gasteiger partial charge >= 0.3 is 0 Å². The first-order valence-electron chi connectivity index (χ1n) is 9.27. The second kappa shape index (κ2) is 10.3. The van der Waals surface area contributed by atoms with E-state index in [0.717, 1.165) is 28.5 Å². The van der Waals surface area contributed by atoms with Crippen molar-refractivity contribution in [2.45, 2.75) is 48.9 Å². The third kappa shape index (κ3) is 5.84. The van der Waals surface area contributed by atoms with Gasteiger partial charge in [0, 0.05) is 0 Å². The van der Waals surface area contributed by atoms with Crippen LogP contribution >= 0.6 is 23.1 Å². The van der Waals surface area contributed by atoms with Gasteiger partial charge in [0.25, 0.3) is 0 Å². The summed E-state index contributed by atoms with van der Waals surface area (Å²) in [6, 6.07) is 13.9. The molecule has 28 heavy (non-hydrogen) atoms. The number of amides is 1. The lowest BCUT2D eigenvalue weighted by Crippen LogP contribution is -2.34. The van der Waals surface area contributed by atoms with Crippen molar-refractivity contribution in [3.63, 3.8) is 0 Å². The second-order valence-corrected chi connectivity index (χ2v) is 8.89. The lowest BCUT2D eigenvalue weighted by molar-refractivity contribution is -0.121. The van der Waals surface area contributed by atoms with Crippen LogP contribution in [0.4, 0.5) is 5.13 Å². The maximum atomic E-state index is 12.7. The van der Waals surface area contributed by atoms with Crippen LogP contribution in [0.25, 0.3) is 0 Å². The van der Waals surface area contributed by atoms with Crippen LogP contribution in [0.1, 0.15) is 44.1 Å². The monoisotopic (exact) mass is 416 g/mol. The van der Waals surface area contributed by atoms with Crippen LogP contribution in [-0.4, -0.2) is 21.4 Å². The Balaban J connectivity index is 1.53. The zero-order valence-electron chi connectivity index (χ0n) is 15.9. The summed E-state index contributed by atoms with van der Waals surface area (Å²) >= 11 is 2.85. The molecule has 6 nitrogen and oxygen atoms in total. The zero-order valence-corrected chi connectivity index (χ0v) is 17.6. The largest absolute Gasteiger partial charge is 0.467 e. The molecule has 3 rings (SSSR count). The van der Waals surface area contributed by atoms with Crippen LogP contribution in [0.5, 0.6) is 0 Å². The normalized spacial score (nSPS) is 13.1. The summed E-state index contributed by atoms with van der Waals surface area (Å²) in [7, 11) is 0. The molecule has 2 atom stereocenters. The Morgan fingerprint density at radius 1 is 1.21 bits per heavy atom. The highest BCUT2D eigenvalue weighted by molar-refractivity contribution is 8.02. The first-order chi connectivity index (χ1) is 13.7. The summed E-state index contributed by atoms with van der Waals surface area (Å²) in [5, 5.41) is 15.1. The van der Waals surface area contributed by atoms with Crippen molar-refractivity contribution in [2.24, 2.45) is 0 Å². The minimum Gasteiger partial charge on any atom is -0.467 e. The first-order valence-corrected chi connectivity index (χ1v) is 11.0. The van der Waals surface area contributed by atoms with Gasteiger partial charge in [-0.1, -0.05) is 66.8 Å². The van der Waals surface area contributed by atoms with Crippen LogP contribution in [-0.2, 0) is 11.3 Å². The highest BCUT2D eigenvalue weighted by Crippen LogP contribution is 2.30. The highest BCUT2D eigenvalue weighted by Gasteiger charge is 2.21. The third-order valence-corrected chi connectivity index (χ3v) is 6.21. The molecule has 0 aliphatic carbocycles. The van der Waals surface area contributed by atoms with Crippen molar-refractivity contribution < 1.29 is 9.21 Å². The van der Waals surface area contributed by atoms with Crippen LogP contribution in [0.3, 0.4) is 0 Å². The van der Waals surface area contributed by atoms with Crippen molar-refractivity contribution in [3.8, 4) is 0 Å². The van der Waals surface area contributed by atoms with Gasteiger partial charge < -0.3 is 15.1 Å². The molecule has 0 saturated heterocycles. The topological polar surface area (TPSA) is 80.0 Å². The molecule has 0 bridgehead atoms. The van der Waals surface area contributed by atoms with E-state index in [-0.39, 0.29) is 17.2 Å². The number of nitrogens with zero attached hydrogens (tertiary/aromatic N) is 2. The van der Waals surface area contributed by atoms with Gasteiger partial charge in [-0.3, -0.25) is 4.79 Å². The van der Waals surface area contributed by atoms with E-state index in [0.29, 0.717) is 11.7 Å². The Morgan fingerprint density at radius 3 is 2.75 bits per heavy atom. The number of thioether (sulfide) groups is 1. The number of nitrogens with one attached hydrogen (secondary N) is 2. The lowest BCUT2D eigenvalue weighted by Gasteiger charge is -2.20. The van der Waals surface area contributed by atoms with Crippen LogP contribution < -0.4 is 10.6 Å². The fraction of sp³-hybridized carbons (Fsp3) is 0.350. The van der Waals surface area contributed by atoms with E-state index in [1.165, 1.54) is 23.1 Å². The number of carbonyl (C=O) groups is 1. The van der Waals surface area contributed by atoms with Crippen molar-refractivity contribution in [1.29, 1.82) is 0 Å². The van der Waals surface area contributed by atoms with Crippen LogP contribution in [0, 0.1) is 0 Å². The Hall–Kier alpha value is -2.32. The van der Waals surface area contributed by atoms with Gasteiger partial charge in [0.2, 0.25) is 11.0 Å². The van der Waals surface area contributed by atoms with Gasteiger partial charge in [-0.15, -0.1) is 10.2 Å². The molecule has 0 unspecified atom stereocenters. The summed E-state index contributed by atoms with van der Waals surface area (Å²) < 4.78 is 6.05. The molecule has 0 aliphatic rings. The first kappa shape index (κ1) is 20.4. The van der Waals surface area contributed by atoms with Crippen LogP contribution in [0.15, 0.2) is 57.5 Å². The fourth-order valence-electron chi connectivity index (χ4n) is 2.69. The number of furan rings is 1. The summed E-state index contributed by atoms with van der Waals surface area (Å²) in [4.78, 5) is 12.7. The van der Waals surface area contributed by atoms with Gasteiger partial charge in [-0.05, 0) is 31.0 Å². The molecule has 0 radical (unpaired) electrons. The van der Waals surface area contributed by atoms with E-state index in [9.17, 15) is 4.79 Å². The molecule has 1 aromatic carbocycles. The summed E-state index contributed by atoms with van der Waals surface area (Å²) in [6.07, 6.45) is 3.55. The van der Waals surface area contributed by atoms with Crippen molar-refractivity contribution >= 4 is 34.1 Å². The molecule has 0 fully saturated rings. The molecule has 2 heterocycles. The van der Waals surface area contributed by atoms with E-state index >= 15 is 0 Å². The summed E-state index contributed by atoms with van der Waals surface area (Å²) in [6.45, 7) is 4.57. The summed E-state index contributed by atoms with van der Waals surface area (Å²) in [5.41, 5.74) is 1.13. The van der Waals surface area contributed by atoms with Gasteiger partial charge in [-0.2, -0.15) is 0 Å². The molecule has 3 aromatic rings. The van der Waals surface area contributed by atoms with Crippen molar-refractivity contribution in [1.82, 2.24) is 15.5 Å². The van der Waals surface area contributed by atoms with E-state index in [1.807, 2.05) is 37.3 Å². The van der Waals surface area contributed by atoms with E-state index in [2.05, 4.69) is 39.9 Å². The molecule has 1 amide bonds. The van der Waals surface area contributed by atoms with Gasteiger partial charge in [0.05, 0.1) is 24.1 Å². The maximum Gasteiger partial charge on any atom is 0.233 e. The molecule has 2 aromatic heterocycles. The third-order valence-electron chi connectivity index (χ3n) is 4.14. The average molecular weight is 417 g/mol. The summed E-state index contributed by atoms with van der Waals surface area (Å²) in [5.74, 6) is 0.840. The van der Waals surface area contributed by atoms with Crippen molar-refractivity contribution in [2.75, 3.05) is 5.32 Å². The predicted molar refractivity (Wildman–Crippen MR) is 113 cm³/mol. The Kier molecular flexibility index (Phi) is 7.50. The fourth-order valence-corrected chi connectivity index (χ4v) is 4.60. The SMILES string of the molecule is CCC[C@@H](NC(=O)[C@@H](C)Sc1nnc(NCc2ccco2)s1)c1ccccc1. The number of hydrogen-bond acceptors (Lipinski definition) is 7. The average Bonchev–Trinajstić information content (AvgIpc) is 3.38. The quantitative estimate of drug-likeness (QED) is 0.459. The molecule has 0 spiro atoms. The molecule has 148 valence electrons. The molecule has 8 heteroatoms. The number of rotatable bonds is 10. The van der Waals surface area contributed by atoms with E-state index < -0.39 is 0 Å². The molecule has 2 N–H and O–H groups in total. The standard InChI is InChI=1S/C20H24N4O2S2/c1-3-8-17(15-9-5-4-6-10-15)22-18(25)14(2)27-20-24-23-19(28-20)21-13-16-11-7-12-26-16/h4-7,9-12,14,17H,3,8,13H2,1-2H3,(H,21,23)(H,22,25)/t14-,17-/m1/s1. The van der Waals surface area contributed by atoms with Gasteiger partial charge in [0.1, 0.15) is 5.76 Å². The van der Waals surface area contributed by atoms with Gasteiger partial charge in [-0.25, -0.2) is 0 Å². The number of hydrogen-bond donors (Lipinski definition) is 2. The second-order valence-electron chi connectivity index (χ2n) is 6.33. The highest BCUT2D eigenvalue weighted by atomic mass is 32.2. The Morgan fingerprint density at radius 2 is 2.04 bits per heavy atom. The molecule has 0 saturated carbocycles. The zero-order chi connectivity index (χ0) is 19.8. The maximum absolute atomic E-state index is 12.7. The van der Waals surface area contributed by atoms with Crippen molar-refractivity contribution in [3.05, 3.63) is 60.1 Å². The van der Waals surface area contributed by atoms with Crippen LogP contribution in [0.2, 0.25) is 0 Å². The number of carbonyl (C=O) groups excluding carboxylic acids is 1. The predicted octanol–water partition coefficient (Wildman–Crippen LogP) is 4.88. The smallest absolute Gasteiger partial charge is 0.233 e. The number of aromatic nitrogens is 2. The van der Waals surface area contributed by atoms with E-state index in [4.69, 9.17) is 4.42 Å². The minimum atomic E-state index is -0.256. The van der Waals surface area contributed by atoms with Gasteiger partial charge in [0.15, 0.2) is 4.34 Å². The molecule has 0 aliphatic heterocycles. The number of anilines is 1. The molecular formula is C20H24N4O2S2. The minimum absolute atomic E-state index is 0.00704. The number of benzene rings is 1. The molecular weight excluding hydrogens is 392 g/mol. The lowest BCUT2D eigenvalue weighted by atomic mass is 10.0. The van der Waals surface area contributed by atoms with E-state index in [1.54, 1.807) is 6.26 Å². The Labute approximate surface area is 173 Å².